The van der Waals surface area contributed by atoms with Crippen LogP contribution in [0.15, 0.2) is 156 Å². The summed E-state index contributed by atoms with van der Waals surface area (Å²) in [4.78, 5) is 2.45. The smallest absolute Gasteiger partial charge is 0.137 e. The maximum atomic E-state index is 6.40. The summed E-state index contributed by atoms with van der Waals surface area (Å²) in [5.41, 5.74) is 10.2. The van der Waals surface area contributed by atoms with Crippen LogP contribution >= 0.6 is 0 Å². The minimum absolute atomic E-state index is 0.252. The van der Waals surface area contributed by atoms with Crippen molar-refractivity contribution >= 4 is 71.3 Å². The zero-order chi connectivity index (χ0) is 31.3. The fourth-order valence-corrected chi connectivity index (χ4v) is 8.14. The summed E-state index contributed by atoms with van der Waals surface area (Å²) in [5, 5.41) is 10.1. The summed E-state index contributed by atoms with van der Waals surface area (Å²) in [6, 6.07) is 55.2. The molecule has 8 aromatic carbocycles. The lowest BCUT2D eigenvalue weighted by Gasteiger charge is -2.42. The number of hydrogen-bond donors (Lipinski definition) is 0. The molecule has 0 radical (unpaired) electrons. The second-order valence-corrected chi connectivity index (χ2v) is 13.3. The first kappa shape index (κ1) is 26.4. The van der Waals surface area contributed by atoms with Crippen molar-refractivity contribution in [3.8, 4) is 11.1 Å². The molecular weight excluding hydrogens is 571 g/mol. The minimum Gasteiger partial charge on any atom is -0.456 e. The van der Waals surface area contributed by atoms with Crippen LogP contribution in [0.2, 0.25) is 0 Å². The van der Waals surface area contributed by atoms with Gasteiger partial charge in [0.1, 0.15) is 11.2 Å². The lowest BCUT2D eigenvalue weighted by molar-refractivity contribution is 0.631. The molecule has 0 fully saturated rings. The first-order valence-electron chi connectivity index (χ1n) is 16.4. The van der Waals surface area contributed by atoms with Gasteiger partial charge in [0.2, 0.25) is 0 Å². The van der Waals surface area contributed by atoms with Gasteiger partial charge in [-0.25, -0.2) is 0 Å². The molecule has 9 aromatic rings. The predicted molar refractivity (Wildman–Crippen MR) is 198 cm³/mol. The van der Waals surface area contributed by atoms with Crippen LogP contribution in [-0.2, 0) is 5.41 Å². The van der Waals surface area contributed by atoms with E-state index >= 15 is 0 Å². The SMILES string of the molecule is CC1(C)c2cc(-c3ccc4c5ccccc5c5ccccc5c4c3)ccc2N(c2ccccc2)c2c1ccc1oc3ccccc3c21. The van der Waals surface area contributed by atoms with Gasteiger partial charge in [0.15, 0.2) is 0 Å². The Morgan fingerprint density at radius 3 is 1.74 bits per heavy atom. The molecule has 2 heteroatoms. The van der Waals surface area contributed by atoms with Crippen LogP contribution in [0.25, 0.3) is 65.4 Å². The van der Waals surface area contributed by atoms with E-state index in [1.165, 1.54) is 71.3 Å². The zero-order valence-electron chi connectivity index (χ0n) is 26.3. The lowest BCUT2D eigenvalue weighted by atomic mass is 9.72. The molecule has 1 aliphatic rings. The van der Waals surface area contributed by atoms with Crippen LogP contribution in [-0.4, -0.2) is 0 Å². The van der Waals surface area contributed by atoms with Crippen molar-refractivity contribution < 1.29 is 4.42 Å². The summed E-state index contributed by atoms with van der Waals surface area (Å²) in [6.07, 6.45) is 0. The van der Waals surface area contributed by atoms with Crippen LogP contribution in [0.3, 0.4) is 0 Å². The summed E-state index contributed by atoms with van der Waals surface area (Å²) >= 11 is 0. The molecule has 0 unspecified atom stereocenters. The van der Waals surface area contributed by atoms with Crippen LogP contribution < -0.4 is 4.90 Å². The Morgan fingerprint density at radius 1 is 0.447 bits per heavy atom. The fraction of sp³-hybridized carbons (Fsp3) is 0.0667. The molecule has 2 heterocycles. The number of nitrogens with zero attached hydrogens (tertiary/aromatic N) is 1. The summed E-state index contributed by atoms with van der Waals surface area (Å²) < 4.78 is 6.40. The van der Waals surface area contributed by atoms with Crippen molar-refractivity contribution in [2.45, 2.75) is 19.3 Å². The van der Waals surface area contributed by atoms with E-state index in [2.05, 4.69) is 164 Å². The van der Waals surface area contributed by atoms with Crippen LogP contribution in [0.1, 0.15) is 25.0 Å². The number of fused-ring (bicyclic) bond motifs is 12. The predicted octanol–water partition coefficient (Wildman–Crippen LogP) is 12.8. The Balaban J connectivity index is 1.23. The van der Waals surface area contributed by atoms with Gasteiger partial charge in [0.05, 0.1) is 16.8 Å². The molecule has 0 N–H and O–H groups in total. The molecule has 0 spiro atoms. The fourth-order valence-electron chi connectivity index (χ4n) is 8.14. The van der Waals surface area contributed by atoms with Gasteiger partial charge in [-0.1, -0.05) is 123 Å². The molecule has 0 aliphatic carbocycles. The van der Waals surface area contributed by atoms with Gasteiger partial charge in [0.25, 0.3) is 0 Å². The number of anilines is 3. The second-order valence-electron chi connectivity index (χ2n) is 13.3. The largest absolute Gasteiger partial charge is 0.456 e. The van der Waals surface area contributed by atoms with E-state index in [0.29, 0.717) is 0 Å². The van der Waals surface area contributed by atoms with Gasteiger partial charge in [-0.05, 0) is 97.0 Å². The van der Waals surface area contributed by atoms with Crippen molar-refractivity contribution in [1.82, 2.24) is 0 Å². The van der Waals surface area contributed by atoms with Crippen LogP contribution in [0, 0.1) is 0 Å². The quantitative estimate of drug-likeness (QED) is 0.183. The monoisotopic (exact) mass is 601 g/mol. The second kappa shape index (κ2) is 9.57. The van der Waals surface area contributed by atoms with E-state index < -0.39 is 0 Å². The van der Waals surface area contributed by atoms with Crippen molar-refractivity contribution in [2.24, 2.45) is 0 Å². The first-order valence-corrected chi connectivity index (χ1v) is 16.4. The van der Waals surface area contributed by atoms with Gasteiger partial charge >= 0.3 is 0 Å². The Hall–Kier alpha value is -5.86. The van der Waals surface area contributed by atoms with E-state index in [9.17, 15) is 0 Å². The third-order valence-corrected chi connectivity index (χ3v) is 10.4. The minimum atomic E-state index is -0.252. The van der Waals surface area contributed by atoms with E-state index in [-0.39, 0.29) is 5.41 Å². The topological polar surface area (TPSA) is 16.4 Å². The summed E-state index contributed by atoms with van der Waals surface area (Å²) in [5.74, 6) is 0. The van der Waals surface area contributed by atoms with Crippen molar-refractivity contribution in [1.29, 1.82) is 0 Å². The van der Waals surface area contributed by atoms with E-state index in [1.54, 1.807) is 0 Å². The highest BCUT2D eigenvalue weighted by molar-refractivity contribution is 6.25. The van der Waals surface area contributed by atoms with Gasteiger partial charge < -0.3 is 9.32 Å². The number of furan rings is 1. The number of benzene rings is 8. The molecule has 10 rings (SSSR count). The van der Waals surface area contributed by atoms with Gasteiger partial charge in [0, 0.05) is 16.5 Å². The Morgan fingerprint density at radius 2 is 1.02 bits per heavy atom. The van der Waals surface area contributed by atoms with Crippen molar-refractivity contribution in [2.75, 3.05) is 4.90 Å². The molecule has 0 amide bonds. The molecular formula is C45H31NO. The highest BCUT2D eigenvalue weighted by Crippen LogP contribution is 2.56. The average Bonchev–Trinajstić information content (AvgIpc) is 3.51. The number of rotatable bonds is 2. The maximum Gasteiger partial charge on any atom is 0.137 e. The Labute approximate surface area is 273 Å². The molecule has 0 atom stereocenters. The van der Waals surface area contributed by atoms with Crippen molar-refractivity contribution in [3.63, 3.8) is 0 Å². The summed E-state index contributed by atoms with van der Waals surface area (Å²) in [7, 11) is 0. The molecule has 47 heavy (non-hydrogen) atoms. The zero-order valence-corrected chi connectivity index (χ0v) is 26.3. The third kappa shape index (κ3) is 3.67. The Bertz CT molecular complexity index is 2680. The van der Waals surface area contributed by atoms with E-state index in [1.807, 2.05) is 6.07 Å². The Kier molecular flexibility index (Phi) is 5.37. The molecule has 1 aromatic heterocycles. The average molecular weight is 602 g/mol. The molecule has 0 bridgehead atoms. The highest BCUT2D eigenvalue weighted by atomic mass is 16.3. The third-order valence-electron chi connectivity index (χ3n) is 10.4. The number of hydrogen-bond acceptors (Lipinski definition) is 2. The molecule has 222 valence electrons. The normalized spacial score (nSPS) is 13.9. The van der Waals surface area contributed by atoms with E-state index in [0.717, 1.165) is 22.2 Å². The number of para-hydroxylation sites is 2. The standard InChI is InChI=1S/C45H31NO/c1-45(2)38-23-25-42-43(36-18-10-11-19-41(36)47-42)44(38)46(30-12-4-3-5-13-30)40-24-21-29(27-39(40)45)28-20-22-35-33-16-7-6-14-31(33)32-15-8-9-17-34(32)37(35)26-28/h3-27H,1-2H3. The lowest BCUT2D eigenvalue weighted by Crippen LogP contribution is -2.30. The van der Waals surface area contributed by atoms with Gasteiger partial charge in [-0.2, -0.15) is 0 Å². The van der Waals surface area contributed by atoms with E-state index in [4.69, 9.17) is 4.42 Å². The maximum absolute atomic E-state index is 6.40. The van der Waals surface area contributed by atoms with Crippen molar-refractivity contribution in [3.05, 3.63) is 163 Å². The molecule has 0 saturated carbocycles. The van der Waals surface area contributed by atoms with Gasteiger partial charge in [-0.15, -0.1) is 0 Å². The molecule has 2 nitrogen and oxygen atoms in total. The highest BCUT2D eigenvalue weighted by Gasteiger charge is 2.39. The molecule has 1 aliphatic heterocycles. The first-order chi connectivity index (χ1) is 23.1. The van der Waals surface area contributed by atoms with Crippen LogP contribution in [0.5, 0.6) is 0 Å². The van der Waals surface area contributed by atoms with Gasteiger partial charge in [-0.3, -0.25) is 0 Å². The van der Waals surface area contributed by atoms with Crippen LogP contribution in [0.4, 0.5) is 17.1 Å². The summed E-state index contributed by atoms with van der Waals surface area (Å²) in [6.45, 7) is 4.73. The molecule has 0 saturated heterocycles.